The predicted molar refractivity (Wildman–Crippen MR) is 66.4 cm³/mol. The molecule has 0 amide bonds. The number of rotatable bonds is 7. The maximum Gasteiger partial charge on any atom is 0.342 e. The van der Waals surface area contributed by atoms with E-state index in [0.29, 0.717) is 5.69 Å². The van der Waals surface area contributed by atoms with Crippen molar-refractivity contribution in [2.75, 3.05) is 31.2 Å². The molecule has 0 aliphatic heterocycles. The van der Waals surface area contributed by atoms with Crippen LogP contribution in [0.25, 0.3) is 0 Å². The van der Waals surface area contributed by atoms with Crippen LogP contribution in [0.2, 0.25) is 0 Å². The lowest BCUT2D eigenvalue weighted by atomic mass is 10.1. The molecule has 0 heterocycles. The van der Waals surface area contributed by atoms with Gasteiger partial charge in [0.05, 0.1) is 18.1 Å². The highest BCUT2D eigenvalue weighted by Gasteiger charge is 2.21. The first-order chi connectivity index (χ1) is 9.01. The minimum Gasteiger partial charge on any atom is -0.477 e. The average Bonchev–Trinajstić information content (AvgIpc) is 2.37. The van der Waals surface area contributed by atoms with Crippen molar-refractivity contribution in [1.82, 2.24) is 0 Å². The highest BCUT2D eigenvalue weighted by Crippen LogP contribution is 2.25. The van der Waals surface area contributed by atoms with Crippen LogP contribution in [-0.4, -0.2) is 52.5 Å². The van der Waals surface area contributed by atoms with Gasteiger partial charge in [-0.2, -0.15) is 0 Å². The van der Waals surface area contributed by atoms with Gasteiger partial charge < -0.3 is 20.2 Å². The molecule has 8 nitrogen and oxygen atoms in total. The number of anilines is 1. The van der Waals surface area contributed by atoms with E-state index in [0.717, 1.165) is 12.1 Å². The largest absolute Gasteiger partial charge is 0.477 e. The van der Waals surface area contributed by atoms with Gasteiger partial charge in [0, 0.05) is 24.8 Å². The molecule has 0 atom stereocenters. The van der Waals surface area contributed by atoms with Crippen LogP contribution in [0.1, 0.15) is 10.4 Å². The van der Waals surface area contributed by atoms with Crippen molar-refractivity contribution in [1.29, 1.82) is 0 Å². The Bertz CT molecular complexity index is 470. The fourth-order valence-electron chi connectivity index (χ4n) is 1.66. The second kappa shape index (κ2) is 6.66. The van der Waals surface area contributed by atoms with Gasteiger partial charge in [0.2, 0.25) is 0 Å². The third-order valence-electron chi connectivity index (χ3n) is 2.51. The number of carboxylic acid groups (broad SMARTS) is 1. The molecule has 1 aromatic rings. The van der Waals surface area contributed by atoms with E-state index in [9.17, 15) is 14.9 Å². The predicted octanol–water partition coefficient (Wildman–Crippen LogP) is 0.0840. The summed E-state index contributed by atoms with van der Waals surface area (Å²) in [5.74, 6) is -1.40. The zero-order valence-corrected chi connectivity index (χ0v) is 10.0. The van der Waals surface area contributed by atoms with Gasteiger partial charge in [-0.25, -0.2) is 4.79 Å². The van der Waals surface area contributed by atoms with Gasteiger partial charge in [0.25, 0.3) is 5.69 Å². The maximum absolute atomic E-state index is 11.0. The van der Waals surface area contributed by atoms with Crippen LogP contribution in [0.5, 0.6) is 0 Å². The van der Waals surface area contributed by atoms with Gasteiger partial charge in [-0.1, -0.05) is 0 Å². The molecule has 0 aromatic heterocycles. The minimum atomic E-state index is -1.40. The number of benzene rings is 1. The Kier molecular flexibility index (Phi) is 5.22. The number of hydrogen-bond donors (Lipinski definition) is 3. The summed E-state index contributed by atoms with van der Waals surface area (Å²) in [5.41, 5.74) is -0.529. The molecular weight excluding hydrogens is 256 g/mol. The zero-order chi connectivity index (χ0) is 14.4. The molecule has 0 bridgehead atoms. The molecule has 0 spiro atoms. The Labute approximate surface area is 108 Å². The quantitative estimate of drug-likeness (QED) is 0.473. The standard InChI is InChI=1S/C11H14N2O6/c14-5-3-12(4-6-15)8-1-2-10(13(18)19)9(7-8)11(16)17/h1-2,7,14-15H,3-6H2,(H,16,17). The smallest absolute Gasteiger partial charge is 0.342 e. The number of nitro groups is 1. The SMILES string of the molecule is O=C(O)c1cc(N(CCO)CCO)ccc1[N+](=O)[O-]. The molecule has 0 saturated carbocycles. The number of aliphatic hydroxyl groups is 2. The van der Waals surface area contributed by atoms with Crippen molar-refractivity contribution in [3.05, 3.63) is 33.9 Å². The molecule has 19 heavy (non-hydrogen) atoms. The Morgan fingerprint density at radius 3 is 2.26 bits per heavy atom. The molecule has 0 unspecified atom stereocenters. The molecule has 8 heteroatoms. The van der Waals surface area contributed by atoms with E-state index in [1.807, 2.05) is 0 Å². The molecule has 3 N–H and O–H groups in total. The summed E-state index contributed by atoms with van der Waals surface area (Å²) < 4.78 is 0. The van der Waals surface area contributed by atoms with Crippen LogP contribution in [0.15, 0.2) is 18.2 Å². The number of carboxylic acids is 1. The van der Waals surface area contributed by atoms with Crippen LogP contribution in [-0.2, 0) is 0 Å². The Hall–Kier alpha value is -2.19. The highest BCUT2D eigenvalue weighted by molar-refractivity contribution is 5.93. The first-order valence-electron chi connectivity index (χ1n) is 5.49. The monoisotopic (exact) mass is 270 g/mol. The number of nitro benzene ring substituents is 1. The molecule has 0 saturated heterocycles. The lowest BCUT2D eigenvalue weighted by Gasteiger charge is -2.23. The van der Waals surface area contributed by atoms with Gasteiger partial charge in [-0.3, -0.25) is 10.1 Å². The normalized spacial score (nSPS) is 10.2. The summed E-state index contributed by atoms with van der Waals surface area (Å²) in [6, 6.07) is 3.64. The first kappa shape index (κ1) is 14.9. The lowest BCUT2D eigenvalue weighted by Crippen LogP contribution is -2.29. The summed E-state index contributed by atoms with van der Waals surface area (Å²) in [6.45, 7) is 0.0215. The van der Waals surface area contributed by atoms with E-state index >= 15 is 0 Å². The summed E-state index contributed by atoms with van der Waals surface area (Å²) in [7, 11) is 0. The van der Waals surface area contributed by atoms with Crippen LogP contribution in [0.3, 0.4) is 0 Å². The lowest BCUT2D eigenvalue weighted by molar-refractivity contribution is -0.385. The molecule has 104 valence electrons. The van der Waals surface area contributed by atoms with Gasteiger partial charge in [0.1, 0.15) is 5.56 Å². The topological polar surface area (TPSA) is 124 Å². The number of hydrogen-bond acceptors (Lipinski definition) is 6. The summed E-state index contributed by atoms with van der Waals surface area (Å²) in [4.78, 5) is 22.5. The number of aliphatic hydroxyl groups excluding tert-OH is 2. The molecule has 1 aromatic carbocycles. The van der Waals surface area contributed by atoms with Gasteiger partial charge in [-0.05, 0) is 12.1 Å². The molecular formula is C11H14N2O6. The van der Waals surface area contributed by atoms with Crippen molar-refractivity contribution in [2.24, 2.45) is 0 Å². The fraction of sp³-hybridized carbons (Fsp3) is 0.364. The minimum absolute atomic E-state index is 0.181. The summed E-state index contributed by atoms with van der Waals surface area (Å²) in [5, 5.41) is 37.5. The Balaban J connectivity index is 3.19. The van der Waals surface area contributed by atoms with Crippen LogP contribution in [0.4, 0.5) is 11.4 Å². The van der Waals surface area contributed by atoms with E-state index in [1.54, 1.807) is 0 Å². The van der Waals surface area contributed by atoms with E-state index in [2.05, 4.69) is 0 Å². The van der Waals surface area contributed by atoms with E-state index in [1.165, 1.54) is 11.0 Å². The van der Waals surface area contributed by atoms with Crippen molar-refractivity contribution < 1.29 is 25.0 Å². The second-order valence-corrected chi connectivity index (χ2v) is 3.70. The van der Waals surface area contributed by atoms with Crippen LogP contribution < -0.4 is 4.90 Å². The molecule has 0 aliphatic carbocycles. The Morgan fingerprint density at radius 2 is 1.84 bits per heavy atom. The van der Waals surface area contributed by atoms with E-state index in [4.69, 9.17) is 15.3 Å². The average molecular weight is 270 g/mol. The van der Waals surface area contributed by atoms with Crippen LogP contribution >= 0.6 is 0 Å². The van der Waals surface area contributed by atoms with Gasteiger partial charge in [-0.15, -0.1) is 0 Å². The fourth-order valence-corrected chi connectivity index (χ4v) is 1.66. The molecule has 0 fully saturated rings. The first-order valence-corrected chi connectivity index (χ1v) is 5.49. The summed E-state index contributed by atoms with van der Waals surface area (Å²) in [6.07, 6.45) is 0. The van der Waals surface area contributed by atoms with Crippen molar-refractivity contribution in [3.8, 4) is 0 Å². The maximum atomic E-state index is 11.0. The number of carbonyl (C=O) groups is 1. The third-order valence-corrected chi connectivity index (χ3v) is 2.51. The Morgan fingerprint density at radius 1 is 1.26 bits per heavy atom. The molecule has 0 radical (unpaired) electrons. The van der Waals surface area contributed by atoms with Gasteiger partial charge >= 0.3 is 5.97 Å². The van der Waals surface area contributed by atoms with Crippen LogP contribution in [0, 0.1) is 10.1 Å². The van der Waals surface area contributed by atoms with E-state index in [-0.39, 0.29) is 26.3 Å². The number of nitrogens with zero attached hydrogens (tertiary/aromatic N) is 2. The van der Waals surface area contributed by atoms with Crippen molar-refractivity contribution >= 4 is 17.3 Å². The van der Waals surface area contributed by atoms with E-state index < -0.39 is 22.1 Å². The highest BCUT2D eigenvalue weighted by atomic mass is 16.6. The summed E-state index contributed by atoms with van der Waals surface area (Å²) >= 11 is 0. The van der Waals surface area contributed by atoms with Gasteiger partial charge in [0.15, 0.2) is 0 Å². The molecule has 1 rings (SSSR count). The zero-order valence-electron chi connectivity index (χ0n) is 10.0. The number of aromatic carboxylic acids is 1. The third kappa shape index (κ3) is 3.63. The van der Waals surface area contributed by atoms with Crippen molar-refractivity contribution in [3.63, 3.8) is 0 Å². The van der Waals surface area contributed by atoms with Crippen molar-refractivity contribution in [2.45, 2.75) is 0 Å². The second-order valence-electron chi connectivity index (χ2n) is 3.70. The molecule has 0 aliphatic rings.